The average molecular weight is 252 g/mol. The van der Waals surface area contributed by atoms with Crippen molar-refractivity contribution in [2.75, 3.05) is 0 Å². The molecule has 0 aliphatic carbocycles. The zero-order valence-electron chi connectivity index (χ0n) is 6.19. The van der Waals surface area contributed by atoms with Crippen molar-refractivity contribution in [3.63, 3.8) is 0 Å². The second-order valence-electron chi connectivity index (χ2n) is 2.15. The third-order valence-corrected chi connectivity index (χ3v) is 2.30. The minimum absolute atomic E-state index is 0.820. The Hall–Kier alpha value is -0.190. The van der Waals surface area contributed by atoms with Gasteiger partial charge in [0.05, 0.1) is 0 Å². The Balaban J connectivity index is 2.81. The molecule has 0 spiro atoms. The zero-order chi connectivity index (χ0) is 7.72. The van der Waals surface area contributed by atoms with E-state index in [4.69, 9.17) is 9.47 Å². The highest BCUT2D eigenvalue weighted by molar-refractivity contribution is 14.1. The maximum Gasteiger partial charge on any atom is 0.201 e. The molecule has 0 aromatic rings. The number of hydrogen-bond donors (Lipinski definition) is 0. The van der Waals surface area contributed by atoms with Crippen molar-refractivity contribution in [1.82, 2.24) is 0 Å². The van der Waals surface area contributed by atoms with Gasteiger partial charge in [-0.2, -0.15) is 0 Å². The van der Waals surface area contributed by atoms with Gasteiger partial charge in [-0.05, 0) is 20.8 Å². The highest BCUT2D eigenvalue weighted by Gasteiger charge is 2.12. The summed E-state index contributed by atoms with van der Waals surface area (Å²) < 4.78 is 11.5. The van der Waals surface area contributed by atoms with Crippen molar-refractivity contribution >= 4 is 22.6 Å². The topological polar surface area (TPSA) is 18.5 Å². The fourth-order valence-electron chi connectivity index (χ4n) is 0.620. The lowest BCUT2D eigenvalue weighted by Gasteiger charge is -2.17. The van der Waals surface area contributed by atoms with Gasteiger partial charge in [0.15, 0.2) is 0 Å². The summed E-state index contributed by atoms with van der Waals surface area (Å²) in [5.41, 5.74) is 0. The van der Waals surface area contributed by atoms with Crippen molar-refractivity contribution in [1.29, 1.82) is 0 Å². The van der Waals surface area contributed by atoms with E-state index in [-0.39, 0.29) is 0 Å². The molecular formula is C7H9IO2. The summed E-state index contributed by atoms with van der Waals surface area (Å²) in [6.07, 6.45) is 0. The van der Waals surface area contributed by atoms with Crippen molar-refractivity contribution in [2.45, 2.75) is 20.8 Å². The molecule has 3 heteroatoms. The van der Waals surface area contributed by atoms with E-state index in [2.05, 4.69) is 22.6 Å². The fourth-order valence-corrected chi connectivity index (χ4v) is 1.06. The number of rotatable bonds is 0. The number of ether oxygens (including phenoxy) is 2. The molecule has 1 aliphatic rings. The molecule has 1 heterocycles. The lowest BCUT2D eigenvalue weighted by molar-refractivity contribution is 0.198. The molecule has 0 atom stereocenters. The predicted molar refractivity (Wildman–Crippen MR) is 47.3 cm³/mol. The summed E-state index contributed by atoms with van der Waals surface area (Å²) in [4.78, 5) is 0. The average Bonchev–Trinajstić information content (AvgIpc) is 1.84. The third kappa shape index (κ3) is 1.45. The molecule has 2 nitrogen and oxygen atoms in total. The van der Waals surface area contributed by atoms with Crippen molar-refractivity contribution in [3.8, 4) is 0 Å². The number of hydrogen-bond acceptors (Lipinski definition) is 2. The van der Waals surface area contributed by atoms with E-state index in [1.165, 1.54) is 0 Å². The van der Waals surface area contributed by atoms with Gasteiger partial charge in [0, 0.05) is 22.6 Å². The minimum atomic E-state index is 0.820. The Morgan fingerprint density at radius 1 is 0.900 bits per heavy atom. The summed E-state index contributed by atoms with van der Waals surface area (Å²) in [6.45, 7) is 5.67. The molecule has 56 valence electrons. The van der Waals surface area contributed by atoms with Crippen molar-refractivity contribution < 1.29 is 9.47 Å². The van der Waals surface area contributed by atoms with Gasteiger partial charge in [0.2, 0.25) is 3.77 Å². The summed E-state index contributed by atoms with van der Waals surface area (Å²) >= 11 is 2.11. The molecule has 0 N–H and O–H groups in total. The highest BCUT2D eigenvalue weighted by atomic mass is 127. The van der Waals surface area contributed by atoms with Gasteiger partial charge in [-0.15, -0.1) is 0 Å². The van der Waals surface area contributed by atoms with Crippen LogP contribution < -0.4 is 0 Å². The highest BCUT2D eigenvalue weighted by Crippen LogP contribution is 2.27. The van der Waals surface area contributed by atoms with Crippen molar-refractivity contribution in [3.05, 3.63) is 21.0 Å². The Kier molecular flexibility index (Phi) is 2.23. The van der Waals surface area contributed by atoms with Gasteiger partial charge in [0.1, 0.15) is 17.3 Å². The predicted octanol–water partition coefficient (Wildman–Crippen LogP) is 2.91. The molecule has 0 unspecified atom stereocenters. The Labute approximate surface area is 74.0 Å². The van der Waals surface area contributed by atoms with E-state index in [1.807, 2.05) is 20.8 Å². The molecular weight excluding hydrogens is 243 g/mol. The molecule has 1 aliphatic heterocycles. The Morgan fingerprint density at radius 2 is 1.40 bits per heavy atom. The van der Waals surface area contributed by atoms with E-state index in [0.29, 0.717) is 0 Å². The van der Waals surface area contributed by atoms with Gasteiger partial charge in [-0.1, -0.05) is 0 Å². The van der Waals surface area contributed by atoms with Crippen LogP contribution in [0.25, 0.3) is 0 Å². The largest absolute Gasteiger partial charge is 0.459 e. The molecule has 0 saturated carbocycles. The third-order valence-electron chi connectivity index (χ3n) is 1.32. The van der Waals surface area contributed by atoms with Gasteiger partial charge in [-0.25, -0.2) is 0 Å². The van der Waals surface area contributed by atoms with Crippen molar-refractivity contribution in [2.24, 2.45) is 0 Å². The van der Waals surface area contributed by atoms with E-state index in [9.17, 15) is 0 Å². The standard InChI is InChI=1S/C7H9IO2/c1-4-5(2)10-7(8)6(3)9-4/h1-3H3. The van der Waals surface area contributed by atoms with E-state index in [1.54, 1.807) is 0 Å². The molecule has 0 radical (unpaired) electrons. The van der Waals surface area contributed by atoms with Gasteiger partial charge >= 0.3 is 0 Å². The van der Waals surface area contributed by atoms with Crippen LogP contribution in [0.1, 0.15) is 20.8 Å². The monoisotopic (exact) mass is 252 g/mol. The van der Waals surface area contributed by atoms with E-state index in [0.717, 1.165) is 21.0 Å². The number of allylic oxidation sites excluding steroid dienone is 3. The molecule has 0 bridgehead atoms. The summed E-state index contributed by atoms with van der Waals surface area (Å²) in [5.74, 6) is 2.52. The van der Waals surface area contributed by atoms with Crippen LogP contribution in [0.15, 0.2) is 21.0 Å². The van der Waals surface area contributed by atoms with E-state index >= 15 is 0 Å². The van der Waals surface area contributed by atoms with Gasteiger partial charge < -0.3 is 9.47 Å². The van der Waals surface area contributed by atoms with Crippen LogP contribution in [0.5, 0.6) is 0 Å². The van der Waals surface area contributed by atoms with Gasteiger partial charge in [-0.3, -0.25) is 0 Å². The van der Waals surface area contributed by atoms with Gasteiger partial charge in [0.25, 0.3) is 0 Å². The Morgan fingerprint density at radius 3 is 1.90 bits per heavy atom. The van der Waals surface area contributed by atoms with Crippen LogP contribution in [0.4, 0.5) is 0 Å². The van der Waals surface area contributed by atoms with E-state index < -0.39 is 0 Å². The number of halogens is 1. The lowest BCUT2D eigenvalue weighted by atomic mass is 10.4. The summed E-state index contributed by atoms with van der Waals surface area (Å²) in [7, 11) is 0. The van der Waals surface area contributed by atoms with Crippen LogP contribution in [-0.4, -0.2) is 0 Å². The molecule has 0 fully saturated rings. The second kappa shape index (κ2) is 2.82. The first-order chi connectivity index (χ1) is 4.61. The SMILES string of the molecule is CC1=C(C)OC(I)=C(C)O1. The van der Waals surface area contributed by atoms with Crippen LogP contribution in [0.2, 0.25) is 0 Å². The van der Waals surface area contributed by atoms with Crippen LogP contribution in [0, 0.1) is 0 Å². The minimum Gasteiger partial charge on any atom is -0.459 e. The Bertz CT molecular complexity index is 172. The molecule has 0 aromatic heterocycles. The fraction of sp³-hybridized carbons (Fsp3) is 0.429. The van der Waals surface area contributed by atoms with Crippen LogP contribution in [0.3, 0.4) is 0 Å². The lowest BCUT2D eigenvalue weighted by Crippen LogP contribution is -2.01. The smallest absolute Gasteiger partial charge is 0.201 e. The first-order valence-electron chi connectivity index (χ1n) is 3.01. The molecule has 0 amide bonds. The maximum atomic E-state index is 5.34. The maximum absolute atomic E-state index is 5.34. The summed E-state index contributed by atoms with van der Waals surface area (Å²) in [5, 5.41) is 0. The molecule has 10 heavy (non-hydrogen) atoms. The quantitative estimate of drug-likeness (QED) is 0.617. The summed E-state index contributed by atoms with van der Waals surface area (Å²) in [6, 6.07) is 0. The zero-order valence-corrected chi connectivity index (χ0v) is 8.35. The normalized spacial score (nSPS) is 18.8. The van der Waals surface area contributed by atoms with Crippen LogP contribution in [-0.2, 0) is 9.47 Å². The second-order valence-corrected chi connectivity index (χ2v) is 3.13. The first kappa shape index (κ1) is 7.91. The molecule has 0 saturated heterocycles. The first-order valence-corrected chi connectivity index (χ1v) is 4.08. The van der Waals surface area contributed by atoms with Crippen LogP contribution >= 0.6 is 22.6 Å². The molecule has 1 rings (SSSR count). The molecule has 0 aromatic carbocycles.